The number of nitrogens with two attached hydrogens (primary N) is 3. The van der Waals surface area contributed by atoms with E-state index in [0.717, 1.165) is 139 Å². The molecule has 4 aliphatic rings. The van der Waals surface area contributed by atoms with Gasteiger partial charge in [0.05, 0.1) is 176 Å². The van der Waals surface area contributed by atoms with E-state index in [4.69, 9.17) is 83.6 Å². The molecule has 0 aromatic carbocycles. The Kier molecular flexibility index (Phi) is 72.7. The predicted octanol–water partition coefficient (Wildman–Crippen LogP) is 12.2. The fraction of sp³-hybridized carbons (Fsp3) is 0.927. The summed E-state index contributed by atoms with van der Waals surface area (Å²) < 4.78 is 122. The number of aliphatic hydroxyl groups is 2. The van der Waals surface area contributed by atoms with Crippen LogP contribution in [0, 0.1) is 53.3 Å². The Morgan fingerprint density at radius 1 is 0.574 bits per heavy atom. The van der Waals surface area contributed by atoms with Crippen LogP contribution in [-0.4, -0.2) is 287 Å². The number of phosphoric acid groups is 3. The highest BCUT2D eigenvalue weighted by molar-refractivity contribution is 8.76. The minimum Gasteiger partial charge on any atom is -0.446 e. The fourth-order valence-corrected chi connectivity index (χ4v) is 18.7. The van der Waals surface area contributed by atoms with Gasteiger partial charge >= 0.3 is 29.6 Å². The van der Waals surface area contributed by atoms with Gasteiger partial charge in [-0.05, 0) is 163 Å². The zero-order valence-corrected chi connectivity index (χ0v) is 78.5. The van der Waals surface area contributed by atoms with Crippen molar-refractivity contribution in [3.63, 3.8) is 0 Å². The van der Waals surface area contributed by atoms with Crippen LogP contribution in [0.2, 0.25) is 0 Å². The van der Waals surface area contributed by atoms with Gasteiger partial charge in [0.25, 0.3) is 0 Å². The normalized spacial score (nSPS) is 21.6. The minimum atomic E-state index is -4.04. The number of rotatable bonds is 71. The summed E-state index contributed by atoms with van der Waals surface area (Å²) >= 11 is 0. The average molecular weight is 1850 g/mol. The molecule has 35 nitrogen and oxygen atoms in total. The number of aryl methyl sites for hydroxylation is 1. The molecule has 0 aliphatic heterocycles. The monoisotopic (exact) mass is 1850 g/mol. The van der Waals surface area contributed by atoms with E-state index in [2.05, 4.69) is 84.3 Å². The maximum atomic E-state index is 12.5. The maximum absolute atomic E-state index is 12.5. The van der Waals surface area contributed by atoms with Crippen LogP contribution in [0.4, 0.5) is 4.79 Å². The lowest BCUT2D eigenvalue weighted by molar-refractivity contribution is -0.117. The number of ether oxygens (including phenoxy) is 11. The van der Waals surface area contributed by atoms with Crippen molar-refractivity contribution < 1.29 is 127 Å². The fourth-order valence-electron chi connectivity index (χ4n) is 15.1. The Labute approximate surface area is 739 Å². The van der Waals surface area contributed by atoms with Crippen molar-refractivity contribution in [3.8, 4) is 0 Å². The Morgan fingerprint density at radius 3 is 1.51 bits per heavy atom. The van der Waals surface area contributed by atoms with Crippen molar-refractivity contribution in [2.45, 2.75) is 236 Å². The number of aliphatic hydroxyl groups excluding tert-OH is 2. The summed E-state index contributed by atoms with van der Waals surface area (Å²) in [5.74, 6) is 6.20. The second kappa shape index (κ2) is 73.8. The number of amides is 1. The molecular formula is C82H167N8O27P3S2. The number of alkyl carbamates (subject to hydrolysis) is 1. The average Bonchev–Trinajstić information content (AvgIpc) is 1.39. The van der Waals surface area contributed by atoms with Crippen LogP contribution in [0.1, 0.15) is 203 Å². The summed E-state index contributed by atoms with van der Waals surface area (Å²) in [5.41, 5.74) is 19.4. The first-order valence-electron chi connectivity index (χ1n) is 43.4. The maximum Gasteiger partial charge on any atom is 0.471 e. The van der Waals surface area contributed by atoms with E-state index in [-0.39, 0.29) is 64.9 Å². The lowest BCUT2D eigenvalue weighted by Crippen LogP contribution is -2.51. The number of hydrogen-bond acceptors (Lipinski definition) is 32. The number of nitrogens with zero attached hydrogens (tertiary/aromatic N) is 3. The number of ketones is 1. The summed E-state index contributed by atoms with van der Waals surface area (Å²) in [6, 6.07) is -0.423. The quantitative estimate of drug-likeness (QED) is 0.00952. The molecule has 4 aliphatic carbocycles. The van der Waals surface area contributed by atoms with Crippen molar-refractivity contribution in [2.24, 2.45) is 63.5 Å². The number of hydrogen-bond donors (Lipinski definition) is 10. The van der Waals surface area contributed by atoms with Gasteiger partial charge in [0, 0.05) is 58.5 Å². The highest BCUT2D eigenvalue weighted by atomic mass is 33.1. The third kappa shape index (κ3) is 58.1. The summed E-state index contributed by atoms with van der Waals surface area (Å²) in [7, 11) is -5.02. The van der Waals surface area contributed by atoms with Crippen LogP contribution in [0.15, 0.2) is 17.8 Å². The van der Waals surface area contributed by atoms with E-state index in [1.165, 1.54) is 63.9 Å². The van der Waals surface area contributed by atoms with E-state index in [9.17, 15) is 38.4 Å². The zero-order chi connectivity index (χ0) is 88.6. The van der Waals surface area contributed by atoms with Crippen molar-refractivity contribution in [2.75, 3.05) is 211 Å². The smallest absolute Gasteiger partial charge is 0.446 e. The van der Waals surface area contributed by atoms with Crippen LogP contribution in [-0.2, 0) is 104 Å². The predicted molar refractivity (Wildman–Crippen MR) is 479 cm³/mol. The standard InChI is InChI=1S/C34H60NO7P.C32H63N5O12S2.2C7H18NO4P.2CH4/c1-23(2)8-7-9-24(3)29-12-13-30-28-11-10-25-22-27(14-18-33(25,4)31(28)15-19-34(29,30)5)42-32(37)35-20-16-26(36)17-21-41-43(38,39)40-6;1-29-27-37(36-35-29)5-7-41-9-11-43-13-15-45-17-19-47-21-23-49-25-24-48-22-20-46-18-16-44-14-12-42-10-8-40-6-4-34-32(39)3-26-50-51-28-31(33)30(2)38;2*1-11-13(9,10)12-7-5-3-2-4-6-8;;/h10,23-24,26-31,36H,7-9,11-22H2,1-6H3,(H,35,37)(H,38,39);27,31-32,34,39H,3-26,28,33H2,1-2H3;2*2-8H2,1H3,(H,9,10);2*1H4/t24-,26?,27?,28?,29+,30?,31?,33-,34+;31-,32?;;;;/m00..../s1. The lowest BCUT2D eigenvalue weighted by atomic mass is 9.47. The SMILES string of the molecule is C.C.CC(=O)[C@@H](N)CSSCCC(O)NCCOCCOCCOCCOCCOCCOCCOCCOCCOCCOCCn1cc(C)nn1.COP(=O)(O)OCCC(O)CCNC(=O)OC1CC[C@@]2(C)C(=CCC3C2CC[C@@]2(C)C3CC[C@@H]2[C@@H](C)CCCC(C)C)C1.COP(=O)(O)OCCCCCCN.COP(=O)(O)OCCCCCCN. The van der Waals surface area contributed by atoms with Gasteiger partial charge in [-0.25, -0.2) is 23.2 Å². The molecule has 724 valence electrons. The summed E-state index contributed by atoms with van der Waals surface area (Å²) in [4.78, 5) is 50.5. The van der Waals surface area contributed by atoms with Gasteiger partial charge in [-0.2, -0.15) is 0 Å². The number of nitrogens with one attached hydrogen (secondary N) is 2. The first-order valence-corrected chi connectivity index (χ1v) is 50.4. The second-order valence-electron chi connectivity index (χ2n) is 31.4. The number of fused-ring (bicyclic) bond motifs is 5. The zero-order valence-electron chi connectivity index (χ0n) is 74.1. The molecule has 1 aromatic heterocycles. The second-order valence-corrected chi connectivity index (χ2v) is 38.7. The molecule has 3 fully saturated rings. The number of phosphoric ester groups is 3. The van der Waals surface area contributed by atoms with Crippen molar-refractivity contribution in [1.82, 2.24) is 25.6 Å². The number of carbonyl (C=O) groups is 2. The van der Waals surface area contributed by atoms with E-state index < -0.39 is 47.9 Å². The molecule has 3 saturated carbocycles. The molecule has 1 heterocycles. The minimum absolute atomic E-state index is 0. The molecule has 9 unspecified atom stereocenters. The van der Waals surface area contributed by atoms with Crippen molar-refractivity contribution in [3.05, 3.63) is 23.5 Å². The molecule has 1 amide bonds. The Balaban J connectivity index is 0.00000184. The third-order valence-electron chi connectivity index (χ3n) is 21.8. The molecular weight excluding hydrogens is 1690 g/mol. The first-order chi connectivity index (χ1) is 57.5. The van der Waals surface area contributed by atoms with Crippen LogP contribution < -0.4 is 27.8 Å². The number of carbonyl (C=O) groups excluding carboxylic acids is 2. The molecule has 14 atom stereocenters. The van der Waals surface area contributed by atoms with Crippen molar-refractivity contribution in [1.29, 1.82) is 0 Å². The number of Topliss-reactive ketones (excluding diaryl/α,β-unsaturated/α-hetero) is 1. The molecule has 0 saturated heterocycles. The van der Waals surface area contributed by atoms with E-state index in [1.54, 1.807) is 26.3 Å². The van der Waals surface area contributed by atoms with Gasteiger partial charge in [-0.15, -0.1) is 5.10 Å². The lowest BCUT2D eigenvalue weighted by Gasteiger charge is -2.58. The van der Waals surface area contributed by atoms with Crippen LogP contribution in [0.5, 0.6) is 0 Å². The van der Waals surface area contributed by atoms with E-state index >= 15 is 0 Å². The van der Waals surface area contributed by atoms with Gasteiger partial charge in [0.1, 0.15) is 18.1 Å². The largest absolute Gasteiger partial charge is 0.471 e. The number of allylic oxidation sites excluding steroid dienone is 1. The van der Waals surface area contributed by atoms with Gasteiger partial charge in [0.2, 0.25) is 0 Å². The molecule has 0 radical (unpaired) electrons. The molecule has 13 N–H and O–H groups in total. The highest BCUT2D eigenvalue weighted by Gasteiger charge is 2.59. The van der Waals surface area contributed by atoms with Gasteiger partial charge in [0.15, 0.2) is 0 Å². The molecule has 0 bridgehead atoms. The Hall–Kier alpha value is -1.79. The van der Waals surface area contributed by atoms with Gasteiger partial charge in [-0.3, -0.25) is 37.3 Å². The first kappa shape index (κ1) is 120. The molecule has 0 spiro atoms. The Morgan fingerprint density at radius 2 is 1.05 bits per heavy atom. The summed E-state index contributed by atoms with van der Waals surface area (Å²) in [6.07, 6.45) is 24.6. The van der Waals surface area contributed by atoms with Crippen LogP contribution in [0.3, 0.4) is 0 Å². The molecule has 5 rings (SSSR count). The summed E-state index contributed by atoms with van der Waals surface area (Å²) in [5, 5.41) is 33.7. The molecule has 40 heteroatoms. The highest BCUT2D eigenvalue weighted by Crippen LogP contribution is 2.67. The topological polar surface area (TPSA) is 476 Å². The van der Waals surface area contributed by atoms with E-state index in [0.29, 0.717) is 182 Å². The van der Waals surface area contributed by atoms with E-state index in [1.807, 2.05) is 13.1 Å². The number of unbranched alkanes of at least 4 members (excludes halogenated alkanes) is 6. The van der Waals surface area contributed by atoms with Gasteiger partial charge in [-0.1, -0.05) is 133 Å². The third-order valence-corrected chi connectivity index (χ3v) is 27.2. The number of aromatic nitrogens is 3. The molecule has 122 heavy (non-hydrogen) atoms. The van der Waals surface area contributed by atoms with Crippen LogP contribution >= 0.6 is 45.1 Å². The Bertz CT molecular complexity index is 2850. The van der Waals surface area contributed by atoms with Crippen LogP contribution in [0.25, 0.3) is 0 Å². The van der Waals surface area contributed by atoms with Gasteiger partial charge < -0.3 is 99.5 Å². The van der Waals surface area contributed by atoms with Crippen molar-refractivity contribution >= 4 is 56.9 Å². The molecule has 1 aromatic rings. The summed E-state index contributed by atoms with van der Waals surface area (Å²) in [6.45, 7) is 29.1.